The summed E-state index contributed by atoms with van der Waals surface area (Å²) < 4.78 is 12.0. The molecule has 1 aromatic rings. The number of cyclic esters (lactones) is 1. The highest BCUT2D eigenvalue weighted by molar-refractivity contribution is 5.88. The van der Waals surface area contributed by atoms with E-state index in [1.54, 1.807) is 20.0 Å². The lowest BCUT2D eigenvalue weighted by molar-refractivity contribution is -0.154. The molecular formula is C31H43NO6. The van der Waals surface area contributed by atoms with Crippen LogP contribution in [0.25, 0.3) is 6.08 Å². The van der Waals surface area contributed by atoms with Crippen LogP contribution in [0.4, 0.5) is 0 Å². The van der Waals surface area contributed by atoms with Crippen LogP contribution in [0.2, 0.25) is 0 Å². The summed E-state index contributed by atoms with van der Waals surface area (Å²) in [6.45, 7) is 9.13. The van der Waals surface area contributed by atoms with Crippen molar-refractivity contribution in [3.05, 3.63) is 35.7 Å². The molecule has 208 valence electrons. The van der Waals surface area contributed by atoms with Gasteiger partial charge >= 0.3 is 5.97 Å². The number of aliphatic hydroxyl groups is 2. The number of aliphatic hydroxyl groups excluding tert-OH is 2. The first-order valence-electron chi connectivity index (χ1n) is 13.7. The van der Waals surface area contributed by atoms with Crippen molar-refractivity contribution in [3.63, 3.8) is 0 Å². The van der Waals surface area contributed by atoms with E-state index in [1.165, 1.54) is 0 Å². The van der Waals surface area contributed by atoms with Crippen molar-refractivity contribution in [2.45, 2.75) is 110 Å². The smallest absolute Gasteiger partial charge is 0.309 e. The third-order valence-corrected chi connectivity index (χ3v) is 8.40. The fraction of sp³-hybridized carbons (Fsp3) is 0.645. The first kappa shape index (κ1) is 30.0. The van der Waals surface area contributed by atoms with E-state index < -0.39 is 35.6 Å². The van der Waals surface area contributed by atoms with Crippen LogP contribution < -0.4 is 0 Å². The highest BCUT2D eigenvalue weighted by atomic mass is 16.6. The maximum Gasteiger partial charge on any atom is 0.309 e. The number of fused-ring (bicyclic) bond motifs is 1. The average molecular weight is 526 g/mol. The zero-order valence-electron chi connectivity index (χ0n) is 23.4. The number of nitrogens with zero attached hydrogens (tertiary/aromatic N) is 1. The molecule has 0 radical (unpaired) electrons. The molecule has 0 aromatic carbocycles. The molecule has 2 aliphatic heterocycles. The van der Waals surface area contributed by atoms with Gasteiger partial charge in [0.2, 0.25) is 0 Å². The quantitative estimate of drug-likeness (QED) is 0.338. The predicted molar refractivity (Wildman–Crippen MR) is 146 cm³/mol. The molecule has 7 atom stereocenters. The standard InChI is InChI=1S/C31H43NO6/c1-7-8-14-23-28(35)20(2)12-11-15-31(6)26(38-31)18-24(21(3)17-22-13-9-10-16-32-22)37-27(34)19-25(33)30(4,5)29(23)36/h1,9-10,13,16-17,20,23-26,28,33,35H,8,11-12,14-15,18-19H2,2-6H3/b21-17+/t20-,23+,24-,25+,26-,28-,31+/m0/s1. The number of aromatic nitrogens is 1. The molecular weight excluding hydrogens is 482 g/mol. The Balaban J connectivity index is 1.89. The number of hydrogen-bond acceptors (Lipinski definition) is 7. The molecule has 2 fully saturated rings. The molecule has 1 aromatic heterocycles. The summed E-state index contributed by atoms with van der Waals surface area (Å²) in [6, 6.07) is 5.61. The van der Waals surface area contributed by atoms with E-state index in [2.05, 4.69) is 17.8 Å². The van der Waals surface area contributed by atoms with Gasteiger partial charge in [-0.25, -0.2) is 0 Å². The molecule has 3 heterocycles. The Morgan fingerprint density at radius 3 is 2.66 bits per heavy atom. The van der Waals surface area contributed by atoms with Crippen LogP contribution >= 0.6 is 0 Å². The summed E-state index contributed by atoms with van der Waals surface area (Å²) >= 11 is 0. The topological polar surface area (TPSA) is 109 Å². The van der Waals surface area contributed by atoms with E-state index in [0.717, 1.165) is 30.5 Å². The SMILES string of the molecule is C#CCC[C@H]1C(=O)C(C)(C)[C@H](O)CC(=O)O[C@H](/C(C)=C/c2ccccn2)C[C@@H]2O[C@]2(C)CCC[C@H](C)[C@@H]1O. The summed E-state index contributed by atoms with van der Waals surface area (Å²) in [5, 5.41) is 22.2. The monoisotopic (exact) mass is 525 g/mol. The number of esters is 1. The van der Waals surface area contributed by atoms with Crippen LogP contribution in [0.3, 0.4) is 0 Å². The Hall–Kier alpha value is -2.53. The first-order valence-corrected chi connectivity index (χ1v) is 13.7. The number of terminal acetylenes is 1. The number of rotatable bonds is 4. The number of epoxide rings is 1. The van der Waals surface area contributed by atoms with Crippen LogP contribution in [-0.4, -0.2) is 57.0 Å². The summed E-state index contributed by atoms with van der Waals surface area (Å²) in [6.07, 6.45) is 9.40. The molecule has 0 spiro atoms. The van der Waals surface area contributed by atoms with Crippen molar-refractivity contribution in [1.82, 2.24) is 4.98 Å². The molecule has 2 aliphatic rings. The van der Waals surface area contributed by atoms with Crippen molar-refractivity contribution in [3.8, 4) is 12.3 Å². The zero-order chi connectivity index (χ0) is 28.1. The van der Waals surface area contributed by atoms with Gasteiger partial charge in [-0.15, -0.1) is 12.3 Å². The predicted octanol–water partition coefficient (Wildman–Crippen LogP) is 4.50. The number of carbonyl (C=O) groups is 2. The van der Waals surface area contributed by atoms with Crippen molar-refractivity contribution >= 4 is 17.8 Å². The second kappa shape index (κ2) is 12.5. The fourth-order valence-electron chi connectivity index (χ4n) is 5.42. The van der Waals surface area contributed by atoms with Crippen LogP contribution in [0.1, 0.15) is 85.3 Å². The number of ether oxygens (including phenoxy) is 2. The third-order valence-electron chi connectivity index (χ3n) is 8.40. The van der Waals surface area contributed by atoms with Gasteiger partial charge in [0.1, 0.15) is 11.9 Å². The first-order chi connectivity index (χ1) is 17.9. The van der Waals surface area contributed by atoms with E-state index in [-0.39, 0.29) is 29.8 Å². The molecule has 38 heavy (non-hydrogen) atoms. The molecule has 0 unspecified atom stereocenters. The van der Waals surface area contributed by atoms with E-state index in [0.29, 0.717) is 19.3 Å². The minimum Gasteiger partial charge on any atom is -0.458 e. The van der Waals surface area contributed by atoms with Crippen LogP contribution in [-0.2, 0) is 19.1 Å². The van der Waals surface area contributed by atoms with Crippen molar-refractivity contribution < 1.29 is 29.3 Å². The van der Waals surface area contributed by atoms with Gasteiger partial charge in [-0.3, -0.25) is 14.6 Å². The van der Waals surface area contributed by atoms with Crippen LogP contribution in [0.15, 0.2) is 30.0 Å². The average Bonchev–Trinajstić information content (AvgIpc) is 3.51. The van der Waals surface area contributed by atoms with Gasteiger partial charge in [0.25, 0.3) is 0 Å². The molecule has 3 rings (SSSR count). The Morgan fingerprint density at radius 1 is 1.26 bits per heavy atom. The Morgan fingerprint density at radius 2 is 2.00 bits per heavy atom. The Bertz CT molecular complexity index is 1040. The van der Waals surface area contributed by atoms with Crippen molar-refractivity contribution in [1.29, 1.82) is 0 Å². The van der Waals surface area contributed by atoms with Crippen molar-refractivity contribution in [2.75, 3.05) is 0 Å². The number of ketones is 1. The van der Waals surface area contributed by atoms with E-state index in [9.17, 15) is 19.8 Å². The van der Waals surface area contributed by atoms with Gasteiger partial charge in [-0.05, 0) is 62.8 Å². The van der Waals surface area contributed by atoms with Crippen molar-refractivity contribution in [2.24, 2.45) is 17.3 Å². The molecule has 0 bridgehead atoms. The Labute approximate surface area is 227 Å². The lowest BCUT2D eigenvalue weighted by Crippen LogP contribution is -2.46. The lowest BCUT2D eigenvalue weighted by Gasteiger charge is -2.36. The van der Waals surface area contributed by atoms with E-state index in [4.69, 9.17) is 15.9 Å². The van der Waals surface area contributed by atoms with Gasteiger partial charge in [-0.1, -0.05) is 33.3 Å². The molecule has 0 saturated carbocycles. The second-order valence-electron chi connectivity index (χ2n) is 11.8. The van der Waals surface area contributed by atoms with Gasteiger partial charge in [0, 0.05) is 25.0 Å². The minimum atomic E-state index is -1.28. The van der Waals surface area contributed by atoms with Gasteiger partial charge in [0.15, 0.2) is 0 Å². The zero-order valence-corrected chi connectivity index (χ0v) is 23.4. The van der Waals surface area contributed by atoms with Crippen LogP contribution in [0, 0.1) is 29.6 Å². The molecule has 0 amide bonds. The van der Waals surface area contributed by atoms with E-state index >= 15 is 0 Å². The maximum atomic E-state index is 13.6. The van der Waals surface area contributed by atoms with Gasteiger partial charge in [-0.2, -0.15) is 0 Å². The van der Waals surface area contributed by atoms with E-state index in [1.807, 2.05) is 38.1 Å². The largest absolute Gasteiger partial charge is 0.458 e. The molecule has 2 saturated heterocycles. The molecule has 7 nitrogen and oxygen atoms in total. The summed E-state index contributed by atoms with van der Waals surface area (Å²) in [5.41, 5.74) is -0.0302. The number of Topliss-reactive ketones (excluding diaryl/α,β-unsaturated/α-hetero) is 1. The Kier molecular flexibility index (Phi) is 9.91. The molecule has 2 N–H and O–H groups in total. The second-order valence-corrected chi connectivity index (χ2v) is 11.8. The highest BCUT2D eigenvalue weighted by Crippen LogP contribution is 2.45. The van der Waals surface area contributed by atoms with Gasteiger partial charge in [0.05, 0.1) is 41.4 Å². The lowest BCUT2D eigenvalue weighted by atomic mass is 9.71. The summed E-state index contributed by atoms with van der Waals surface area (Å²) in [7, 11) is 0. The third kappa shape index (κ3) is 7.31. The highest BCUT2D eigenvalue weighted by Gasteiger charge is 2.53. The minimum absolute atomic E-state index is 0.0770. The summed E-state index contributed by atoms with van der Waals surface area (Å²) in [5.74, 6) is 0.806. The van der Waals surface area contributed by atoms with Gasteiger partial charge < -0.3 is 19.7 Å². The number of carbonyl (C=O) groups excluding carboxylic acids is 2. The molecule has 0 aliphatic carbocycles. The summed E-state index contributed by atoms with van der Waals surface area (Å²) in [4.78, 5) is 31.1. The fourth-order valence-corrected chi connectivity index (χ4v) is 5.42. The molecule has 7 heteroatoms. The maximum absolute atomic E-state index is 13.6. The number of hydrogen-bond donors (Lipinski definition) is 2. The normalized spacial score (nSPS) is 35.1. The number of pyridine rings is 1. The van der Waals surface area contributed by atoms with Crippen LogP contribution in [0.5, 0.6) is 0 Å².